The van der Waals surface area contributed by atoms with Gasteiger partial charge >= 0.3 is 5.97 Å². The number of benzene rings is 1. The van der Waals surface area contributed by atoms with E-state index in [0.717, 1.165) is 4.47 Å². The molecule has 0 atom stereocenters. The predicted octanol–water partition coefficient (Wildman–Crippen LogP) is 1.10. The van der Waals surface area contributed by atoms with Crippen molar-refractivity contribution in [3.8, 4) is 0 Å². The number of carboxylic acid groups (broad SMARTS) is 1. The highest BCUT2D eigenvalue weighted by molar-refractivity contribution is 9.10. The molecule has 0 radical (unpaired) electrons. The van der Waals surface area contributed by atoms with Gasteiger partial charge in [-0.15, -0.1) is 0 Å². The molecule has 0 saturated heterocycles. The third kappa shape index (κ3) is 2.46. The summed E-state index contributed by atoms with van der Waals surface area (Å²) in [6.07, 6.45) is 0. The molecule has 5 N–H and O–H groups in total. The normalized spacial score (nSPS) is 11.4. The summed E-state index contributed by atoms with van der Waals surface area (Å²) in [5.74, 6) is -1.76. The molecule has 1 rings (SSSR count). The molecular weight excluding hydrogens is 250 g/mol. The van der Waals surface area contributed by atoms with E-state index in [9.17, 15) is 4.79 Å². The molecule has 1 aromatic carbocycles. The van der Waals surface area contributed by atoms with Crippen LogP contribution in [0.2, 0.25) is 0 Å². The number of carbonyl (C=O) groups is 1. The SMILES string of the molecule is NC(=Nc1cc(Br)ccc1N)C(=O)O. The highest BCUT2D eigenvalue weighted by Crippen LogP contribution is 2.25. The first-order chi connectivity index (χ1) is 6.50. The first kappa shape index (κ1) is 10.5. The van der Waals surface area contributed by atoms with Gasteiger partial charge in [0.2, 0.25) is 5.84 Å². The Balaban J connectivity index is 3.13. The molecule has 0 unspecified atom stereocenters. The van der Waals surface area contributed by atoms with Crippen molar-refractivity contribution >= 4 is 39.1 Å². The van der Waals surface area contributed by atoms with Crippen molar-refractivity contribution in [3.05, 3.63) is 22.7 Å². The van der Waals surface area contributed by atoms with Crippen molar-refractivity contribution in [2.75, 3.05) is 5.73 Å². The Hall–Kier alpha value is -1.56. The number of amidine groups is 1. The van der Waals surface area contributed by atoms with Crippen LogP contribution < -0.4 is 11.5 Å². The second-order valence-electron chi connectivity index (χ2n) is 2.51. The van der Waals surface area contributed by atoms with Gasteiger partial charge in [-0.3, -0.25) is 0 Å². The zero-order valence-corrected chi connectivity index (χ0v) is 8.65. The van der Waals surface area contributed by atoms with Gasteiger partial charge in [0.1, 0.15) is 0 Å². The monoisotopic (exact) mass is 257 g/mol. The van der Waals surface area contributed by atoms with E-state index in [1.54, 1.807) is 18.2 Å². The van der Waals surface area contributed by atoms with Gasteiger partial charge in [0.15, 0.2) is 0 Å². The van der Waals surface area contributed by atoms with Crippen LogP contribution in [0.25, 0.3) is 0 Å². The Bertz CT molecular complexity index is 404. The van der Waals surface area contributed by atoms with Crippen LogP contribution in [0.5, 0.6) is 0 Å². The average molecular weight is 258 g/mol. The van der Waals surface area contributed by atoms with E-state index in [-0.39, 0.29) is 0 Å². The second kappa shape index (κ2) is 4.10. The van der Waals surface area contributed by atoms with E-state index in [1.807, 2.05) is 0 Å². The Morgan fingerprint density at radius 2 is 2.14 bits per heavy atom. The maximum absolute atomic E-state index is 10.4. The van der Waals surface area contributed by atoms with Gasteiger partial charge in [0.05, 0.1) is 11.4 Å². The lowest BCUT2D eigenvalue weighted by Gasteiger charge is -2.00. The number of rotatable bonds is 1. The van der Waals surface area contributed by atoms with Gasteiger partial charge < -0.3 is 16.6 Å². The Labute approximate surface area is 88.6 Å². The zero-order valence-electron chi connectivity index (χ0n) is 7.07. The standard InChI is InChI=1S/C8H8BrN3O2/c9-4-1-2-5(10)6(3-4)12-7(11)8(13)14/h1-3H,10H2,(H2,11,12)(H,13,14). The first-order valence-electron chi connectivity index (χ1n) is 3.63. The summed E-state index contributed by atoms with van der Waals surface area (Å²) in [6.45, 7) is 0. The molecule has 0 spiro atoms. The first-order valence-corrected chi connectivity index (χ1v) is 4.42. The highest BCUT2D eigenvalue weighted by Gasteiger charge is 2.05. The van der Waals surface area contributed by atoms with Gasteiger partial charge in [-0.2, -0.15) is 0 Å². The molecule has 0 aliphatic rings. The van der Waals surface area contributed by atoms with Crippen molar-refractivity contribution in [1.29, 1.82) is 0 Å². The zero-order chi connectivity index (χ0) is 10.7. The molecular formula is C8H8BrN3O2. The summed E-state index contributed by atoms with van der Waals surface area (Å²) in [5.41, 5.74) is 11.4. The molecule has 0 heterocycles. The number of hydrogen-bond donors (Lipinski definition) is 3. The van der Waals surface area contributed by atoms with E-state index in [1.165, 1.54) is 0 Å². The predicted molar refractivity (Wildman–Crippen MR) is 57.5 cm³/mol. The molecule has 0 aliphatic carbocycles. The van der Waals surface area contributed by atoms with Crippen LogP contribution in [0, 0.1) is 0 Å². The van der Waals surface area contributed by atoms with Crippen LogP contribution in [0.3, 0.4) is 0 Å². The Kier molecular flexibility index (Phi) is 3.08. The molecule has 1 aromatic rings. The fourth-order valence-corrected chi connectivity index (χ4v) is 1.14. The molecule has 0 aromatic heterocycles. The number of anilines is 1. The topological polar surface area (TPSA) is 102 Å². The molecule has 14 heavy (non-hydrogen) atoms. The number of nitrogens with two attached hydrogens (primary N) is 2. The fraction of sp³-hybridized carbons (Fsp3) is 0. The minimum absolute atomic E-state index is 0.333. The van der Waals surface area contributed by atoms with Crippen molar-refractivity contribution in [2.24, 2.45) is 10.7 Å². The van der Waals surface area contributed by atoms with E-state index in [2.05, 4.69) is 20.9 Å². The van der Waals surface area contributed by atoms with Gasteiger partial charge in [0, 0.05) is 4.47 Å². The number of aliphatic imine (C=N–C) groups is 1. The summed E-state index contributed by atoms with van der Waals surface area (Å²) in [4.78, 5) is 14.1. The van der Waals surface area contributed by atoms with Crippen LogP contribution in [0.4, 0.5) is 11.4 Å². The van der Waals surface area contributed by atoms with Crippen LogP contribution >= 0.6 is 15.9 Å². The van der Waals surface area contributed by atoms with Gasteiger partial charge in [-0.25, -0.2) is 9.79 Å². The summed E-state index contributed by atoms with van der Waals surface area (Å²) < 4.78 is 0.753. The van der Waals surface area contributed by atoms with Crippen LogP contribution in [-0.2, 0) is 4.79 Å². The number of carboxylic acids is 1. The molecule has 0 bridgehead atoms. The van der Waals surface area contributed by atoms with Gasteiger partial charge in [-0.1, -0.05) is 15.9 Å². The van der Waals surface area contributed by atoms with Crippen molar-refractivity contribution in [3.63, 3.8) is 0 Å². The van der Waals surface area contributed by atoms with E-state index in [0.29, 0.717) is 11.4 Å². The maximum Gasteiger partial charge on any atom is 0.371 e. The molecule has 6 heteroatoms. The Morgan fingerprint density at radius 1 is 1.50 bits per heavy atom. The minimum atomic E-state index is -1.27. The van der Waals surface area contributed by atoms with Crippen molar-refractivity contribution in [2.45, 2.75) is 0 Å². The minimum Gasteiger partial charge on any atom is -0.475 e. The van der Waals surface area contributed by atoms with Crippen LogP contribution in [0.15, 0.2) is 27.7 Å². The lowest BCUT2D eigenvalue weighted by molar-refractivity contribution is -0.129. The quantitative estimate of drug-likeness (QED) is 0.398. The lowest BCUT2D eigenvalue weighted by atomic mass is 10.3. The van der Waals surface area contributed by atoms with Crippen LogP contribution in [0.1, 0.15) is 0 Å². The van der Waals surface area contributed by atoms with Gasteiger partial charge in [-0.05, 0) is 18.2 Å². The number of halogens is 1. The largest absolute Gasteiger partial charge is 0.475 e. The lowest BCUT2D eigenvalue weighted by Crippen LogP contribution is -2.22. The molecule has 5 nitrogen and oxygen atoms in total. The highest BCUT2D eigenvalue weighted by atomic mass is 79.9. The van der Waals surface area contributed by atoms with Gasteiger partial charge in [0.25, 0.3) is 0 Å². The number of aliphatic carboxylic acids is 1. The molecule has 0 amide bonds. The summed E-state index contributed by atoms with van der Waals surface area (Å²) in [5, 5.41) is 8.50. The summed E-state index contributed by atoms with van der Waals surface area (Å²) in [7, 11) is 0. The fourth-order valence-electron chi connectivity index (χ4n) is 0.791. The van der Waals surface area contributed by atoms with Crippen LogP contribution in [-0.4, -0.2) is 16.9 Å². The van der Waals surface area contributed by atoms with E-state index >= 15 is 0 Å². The number of nitrogens with zero attached hydrogens (tertiary/aromatic N) is 1. The number of nitrogen functional groups attached to an aromatic ring is 1. The molecule has 74 valence electrons. The number of hydrogen-bond acceptors (Lipinski definition) is 3. The third-order valence-electron chi connectivity index (χ3n) is 1.45. The maximum atomic E-state index is 10.4. The molecule has 0 saturated carbocycles. The van der Waals surface area contributed by atoms with E-state index < -0.39 is 11.8 Å². The summed E-state index contributed by atoms with van der Waals surface area (Å²) >= 11 is 3.21. The van der Waals surface area contributed by atoms with E-state index in [4.69, 9.17) is 16.6 Å². The Morgan fingerprint density at radius 3 is 2.71 bits per heavy atom. The summed E-state index contributed by atoms with van der Waals surface area (Å²) in [6, 6.07) is 4.93. The average Bonchev–Trinajstić information content (AvgIpc) is 2.11. The van der Waals surface area contributed by atoms with Crippen molar-refractivity contribution in [1.82, 2.24) is 0 Å². The molecule has 0 aliphatic heterocycles. The smallest absolute Gasteiger partial charge is 0.371 e. The third-order valence-corrected chi connectivity index (χ3v) is 1.95. The van der Waals surface area contributed by atoms with Crippen molar-refractivity contribution < 1.29 is 9.90 Å². The molecule has 0 fully saturated rings. The second-order valence-corrected chi connectivity index (χ2v) is 3.42.